The van der Waals surface area contributed by atoms with Gasteiger partial charge in [0.1, 0.15) is 11.8 Å². The summed E-state index contributed by atoms with van der Waals surface area (Å²) in [7, 11) is 0. The molecule has 1 amide bonds. The van der Waals surface area contributed by atoms with Gasteiger partial charge in [0.25, 0.3) is 0 Å². The molecule has 1 atom stereocenters. The fraction of sp³-hybridized carbons (Fsp3) is 0.700. The number of carboxylic acid groups (broad SMARTS) is 1. The van der Waals surface area contributed by atoms with Gasteiger partial charge in [-0.1, -0.05) is 12.8 Å². The van der Waals surface area contributed by atoms with Crippen LogP contribution in [0.3, 0.4) is 0 Å². The summed E-state index contributed by atoms with van der Waals surface area (Å²) in [6.07, 6.45) is 4.00. The first-order valence-electron chi connectivity index (χ1n) is 5.10. The summed E-state index contributed by atoms with van der Waals surface area (Å²) < 4.78 is 0. The minimum atomic E-state index is -1.16. The molecule has 84 valence electrons. The second kappa shape index (κ2) is 5.48. The Balaban J connectivity index is 2.45. The normalized spacial score (nSPS) is 18.4. The van der Waals surface area contributed by atoms with Crippen LogP contribution in [0, 0.1) is 5.92 Å². The minimum absolute atomic E-state index is 0.000280. The summed E-state index contributed by atoms with van der Waals surface area (Å²) in [6, 6.07) is -1.07. The molecule has 0 bridgehead atoms. The van der Waals surface area contributed by atoms with Crippen LogP contribution in [0.2, 0.25) is 0 Å². The predicted octanol–water partition coefficient (Wildman–Crippen LogP) is 0.335. The zero-order valence-corrected chi connectivity index (χ0v) is 8.44. The third kappa shape index (κ3) is 3.34. The number of amides is 1. The molecule has 1 rings (SSSR count). The van der Waals surface area contributed by atoms with Crippen LogP contribution in [0.4, 0.5) is 0 Å². The monoisotopic (exact) mass is 213 g/mol. The molecule has 2 N–H and O–H groups in total. The van der Waals surface area contributed by atoms with E-state index >= 15 is 0 Å². The van der Waals surface area contributed by atoms with Gasteiger partial charge in [0.15, 0.2) is 0 Å². The standard InChI is InChI=1S/C10H15NO4/c12-6-11-8(10(14)15)5-9(13)7-3-1-2-4-7/h6-8H,1-5H2,(H,11,12)(H,14,15). The van der Waals surface area contributed by atoms with Crippen molar-refractivity contribution in [1.82, 2.24) is 5.32 Å². The minimum Gasteiger partial charge on any atom is -0.480 e. The number of hydrogen-bond acceptors (Lipinski definition) is 3. The Morgan fingerprint density at radius 1 is 1.40 bits per heavy atom. The van der Waals surface area contributed by atoms with E-state index in [9.17, 15) is 14.4 Å². The van der Waals surface area contributed by atoms with Crippen LogP contribution in [-0.4, -0.2) is 29.3 Å². The predicted molar refractivity (Wildman–Crippen MR) is 52.2 cm³/mol. The Hall–Kier alpha value is -1.39. The SMILES string of the molecule is O=CNC(CC(=O)C1CCCC1)C(=O)O. The lowest BCUT2D eigenvalue weighted by molar-refractivity contribution is -0.142. The molecule has 0 spiro atoms. The van der Waals surface area contributed by atoms with Gasteiger partial charge in [-0.25, -0.2) is 4.79 Å². The van der Waals surface area contributed by atoms with Crippen molar-refractivity contribution in [3.8, 4) is 0 Å². The Bertz CT molecular complexity index is 258. The van der Waals surface area contributed by atoms with Crippen LogP contribution >= 0.6 is 0 Å². The third-order valence-electron chi connectivity index (χ3n) is 2.78. The maximum absolute atomic E-state index is 11.6. The summed E-state index contributed by atoms with van der Waals surface area (Å²) in [4.78, 5) is 32.4. The number of nitrogens with one attached hydrogen (secondary N) is 1. The topological polar surface area (TPSA) is 83.5 Å². The number of ketones is 1. The van der Waals surface area contributed by atoms with Gasteiger partial charge in [-0.2, -0.15) is 0 Å². The van der Waals surface area contributed by atoms with Crippen molar-refractivity contribution in [2.75, 3.05) is 0 Å². The fourth-order valence-corrected chi connectivity index (χ4v) is 1.92. The van der Waals surface area contributed by atoms with E-state index in [2.05, 4.69) is 5.32 Å². The van der Waals surface area contributed by atoms with Crippen molar-refractivity contribution < 1.29 is 19.5 Å². The molecule has 0 aliphatic heterocycles. The van der Waals surface area contributed by atoms with Crippen molar-refractivity contribution in [2.24, 2.45) is 5.92 Å². The lowest BCUT2D eigenvalue weighted by Crippen LogP contribution is -2.38. The molecule has 0 aromatic carbocycles. The number of rotatable bonds is 6. The fourth-order valence-electron chi connectivity index (χ4n) is 1.92. The van der Waals surface area contributed by atoms with E-state index in [0.29, 0.717) is 6.41 Å². The lowest BCUT2D eigenvalue weighted by atomic mass is 9.97. The number of carbonyl (C=O) groups is 3. The molecule has 0 aromatic rings. The van der Waals surface area contributed by atoms with E-state index < -0.39 is 12.0 Å². The average molecular weight is 213 g/mol. The summed E-state index contributed by atoms with van der Waals surface area (Å²) >= 11 is 0. The van der Waals surface area contributed by atoms with Crippen LogP contribution in [0.15, 0.2) is 0 Å². The van der Waals surface area contributed by atoms with Crippen molar-refractivity contribution in [2.45, 2.75) is 38.1 Å². The molecule has 5 nitrogen and oxygen atoms in total. The van der Waals surface area contributed by atoms with Crippen LogP contribution < -0.4 is 5.32 Å². The Kier molecular flexibility index (Phi) is 4.27. The van der Waals surface area contributed by atoms with Gasteiger partial charge in [0.2, 0.25) is 6.41 Å². The number of Topliss-reactive ketones (excluding diaryl/α,β-unsaturated/α-hetero) is 1. The van der Waals surface area contributed by atoms with Gasteiger partial charge in [-0.3, -0.25) is 9.59 Å². The summed E-state index contributed by atoms with van der Waals surface area (Å²) in [5, 5.41) is 10.9. The smallest absolute Gasteiger partial charge is 0.326 e. The highest BCUT2D eigenvalue weighted by Gasteiger charge is 2.27. The molecular formula is C10H15NO4. The molecule has 1 aliphatic carbocycles. The van der Waals surface area contributed by atoms with Crippen LogP contribution in [0.5, 0.6) is 0 Å². The molecule has 1 aliphatic rings. The third-order valence-corrected chi connectivity index (χ3v) is 2.78. The highest BCUT2D eigenvalue weighted by Crippen LogP contribution is 2.26. The Morgan fingerprint density at radius 2 is 2.00 bits per heavy atom. The van der Waals surface area contributed by atoms with E-state index in [1.165, 1.54) is 0 Å². The summed E-state index contributed by atoms with van der Waals surface area (Å²) in [6.45, 7) is 0. The largest absolute Gasteiger partial charge is 0.480 e. The molecule has 1 saturated carbocycles. The lowest BCUT2D eigenvalue weighted by Gasteiger charge is -2.13. The maximum Gasteiger partial charge on any atom is 0.326 e. The maximum atomic E-state index is 11.6. The number of aliphatic carboxylic acids is 1. The van der Waals surface area contributed by atoms with Gasteiger partial charge in [-0.15, -0.1) is 0 Å². The molecule has 1 unspecified atom stereocenters. The zero-order chi connectivity index (χ0) is 11.3. The molecule has 0 radical (unpaired) electrons. The van der Waals surface area contributed by atoms with Crippen molar-refractivity contribution >= 4 is 18.2 Å². The van der Waals surface area contributed by atoms with E-state index in [1.54, 1.807) is 0 Å². The van der Waals surface area contributed by atoms with Crippen molar-refractivity contribution in [3.63, 3.8) is 0 Å². The molecule has 5 heteroatoms. The molecule has 0 heterocycles. The van der Waals surface area contributed by atoms with Crippen molar-refractivity contribution in [3.05, 3.63) is 0 Å². The Labute approximate surface area is 87.8 Å². The summed E-state index contributed by atoms with van der Waals surface area (Å²) in [5.74, 6) is -1.21. The van der Waals surface area contributed by atoms with Gasteiger partial charge in [0, 0.05) is 12.3 Å². The van der Waals surface area contributed by atoms with Gasteiger partial charge in [-0.05, 0) is 12.8 Å². The van der Waals surface area contributed by atoms with E-state index in [4.69, 9.17) is 5.11 Å². The van der Waals surface area contributed by atoms with Crippen LogP contribution in [-0.2, 0) is 14.4 Å². The molecule has 0 saturated heterocycles. The molecule has 1 fully saturated rings. The van der Waals surface area contributed by atoms with Crippen LogP contribution in [0.1, 0.15) is 32.1 Å². The Morgan fingerprint density at radius 3 is 2.47 bits per heavy atom. The number of hydrogen-bond donors (Lipinski definition) is 2. The second-order valence-electron chi connectivity index (χ2n) is 3.83. The van der Waals surface area contributed by atoms with E-state index in [-0.39, 0.29) is 18.1 Å². The van der Waals surface area contributed by atoms with E-state index in [0.717, 1.165) is 25.7 Å². The quantitative estimate of drug-likeness (QED) is 0.623. The highest BCUT2D eigenvalue weighted by atomic mass is 16.4. The molecule has 0 aromatic heterocycles. The first-order chi connectivity index (χ1) is 7.15. The van der Waals surface area contributed by atoms with Crippen molar-refractivity contribution in [1.29, 1.82) is 0 Å². The first-order valence-corrected chi connectivity index (χ1v) is 5.10. The van der Waals surface area contributed by atoms with E-state index in [1.807, 2.05) is 0 Å². The van der Waals surface area contributed by atoms with Crippen LogP contribution in [0.25, 0.3) is 0 Å². The first kappa shape index (κ1) is 11.7. The van der Waals surface area contributed by atoms with Gasteiger partial charge >= 0.3 is 5.97 Å². The van der Waals surface area contributed by atoms with Gasteiger partial charge < -0.3 is 10.4 Å². The average Bonchev–Trinajstić information content (AvgIpc) is 2.69. The zero-order valence-electron chi connectivity index (χ0n) is 8.44. The number of carbonyl (C=O) groups excluding carboxylic acids is 2. The number of carboxylic acids is 1. The highest BCUT2D eigenvalue weighted by molar-refractivity contribution is 5.88. The second-order valence-corrected chi connectivity index (χ2v) is 3.83. The molecule has 15 heavy (non-hydrogen) atoms. The summed E-state index contributed by atoms with van der Waals surface area (Å²) in [5.41, 5.74) is 0. The van der Waals surface area contributed by atoms with Gasteiger partial charge in [0.05, 0.1) is 0 Å². The molecular weight excluding hydrogens is 198 g/mol.